The van der Waals surface area contributed by atoms with Crippen LogP contribution in [0.5, 0.6) is 11.5 Å². The van der Waals surface area contributed by atoms with Gasteiger partial charge in [0.15, 0.2) is 11.5 Å². The predicted molar refractivity (Wildman–Crippen MR) is 104 cm³/mol. The lowest BCUT2D eigenvalue weighted by Crippen LogP contribution is -2.35. The number of nitrogens with one attached hydrogen (secondary N) is 2. The molecular weight excluding hydrogens is 352 g/mol. The molecule has 0 aromatic heterocycles. The monoisotopic (exact) mass is 376 g/mol. The molecule has 0 atom stereocenters. The van der Waals surface area contributed by atoms with E-state index in [1.165, 1.54) is 0 Å². The van der Waals surface area contributed by atoms with Gasteiger partial charge in [0, 0.05) is 11.6 Å². The molecule has 0 aliphatic heterocycles. The van der Waals surface area contributed by atoms with Gasteiger partial charge in [0.2, 0.25) is 5.91 Å². The zero-order valence-corrected chi connectivity index (χ0v) is 15.9. The molecule has 1 amide bonds. The van der Waals surface area contributed by atoms with Gasteiger partial charge >= 0.3 is 0 Å². The van der Waals surface area contributed by atoms with E-state index in [-0.39, 0.29) is 5.91 Å². The summed E-state index contributed by atoms with van der Waals surface area (Å²) < 4.78 is 10.5. The standard InChI is InChI=1S/C20H25ClN2O3/c1-25-18-8-5-16(13-19(18)26-2)9-11-22-14-20(24)23-12-10-15-3-6-17(21)7-4-15/h3-8,13,22H,9-12,14H2,1-2H3,(H,23,24). The van der Waals surface area contributed by atoms with Crippen LogP contribution in [0.1, 0.15) is 11.1 Å². The van der Waals surface area contributed by atoms with Crippen LogP contribution in [0.2, 0.25) is 5.02 Å². The predicted octanol–water partition coefficient (Wildman–Crippen LogP) is 2.85. The van der Waals surface area contributed by atoms with E-state index in [0.717, 1.165) is 29.0 Å². The number of methoxy groups -OCH3 is 2. The number of carbonyl (C=O) groups is 1. The summed E-state index contributed by atoms with van der Waals surface area (Å²) in [5, 5.41) is 6.78. The third-order valence-corrected chi connectivity index (χ3v) is 4.23. The van der Waals surface area contributed by atoms with Crippen molar-refractivity contribution in [2.75, 3.05) is 33.9 Å². The molecule has 0 heterocycles. The first-order valence-corrected chi connectivity index (χ1v) is 8.93. The lowest BCUT2D eigenvalue weighted by atomic mass is 10.1. The van der Waals surface area contributed by atoms with Gasteiger partial charge in [0.1, 0.15) is 0 Å². The first-order chi connectivity index (χ1) is 12.6. The zero-order chi connectivity index (χ0) is 18.8. The smallest absolute Gasteiger partial charge is 0.233 e. The fraction of sp³-hybridized carbons (Fsp3) is 0.350. The molecule has 0 radical (unpaired) electrons. The van der Waals surface area contributed by atoms with Crippen molar-refractivity contribution in [3.05, 3.63) is 58.6 Å². The molecule has 26 heavy (non-hydrogen) atoms. The fourth-order valence-electron chi connectivity index (χ4n) is 2.53. The molecule has 2 aromatic rings. The minimum absolute atomic E-state index is 0.00808. The summed E-state index contributed by atoms with van der Waals surface area (Å²) in [6.07, 6.45) is 1.59. The van der Waals surface area contributed by atoms with Crippen molar-refractivity contribution in [3.8, 4) is 11.5 Å². The molecule has 0 unspecified atom stereocenters. The van der Waals surface area contributed by atoms with Crippen molar-refractivity contribution in [1.82, 2.24) is 10.6 Å². The Kier molecular flexibility index (Phi) is 8.25. The van der Waals surface area contributed by atoms with Gasteiger partial charge in [-0.3, -0.25) is 4.79 Å². The average molecular weight is 377 g/mol. The van der Waals surface area contributed by atoms with Crippen molar-refractivity contribution in [3.63, 3.8) is 0 Å². The minimum atomic E-state index is -0.00808. The lowest BCUT2D eigenvalue weighted by Gasteiger charge is -2.10. The largest absolute Gasteiger partial charge is 0.493 e. The number of ether oxygens (including phenoxy) is 2. The SMILES string of the molecule is COc1ccc(CCNCC(=O)NCCc2ccc(Cl)cc2)cc1OC. The second-order valence-electron chi connectivity index (χ2n) is 5.84. The summed E-state index contributed by atoms with van der Waals surface area (Å²) in [6.45, 7) is 1.62. The molecule has 5 nitrogen and oxygen atoms in total. The first-order valence-electron chi connectivity index (χ1n) is 8.55. The second kappa shape index (κ2) is 10.7. The molecule has 2 N–H and O–H groups in total. The Bertz CT molecular complexity index is 705. The summed E-state index contributed by atoms with van der Waals surface area (Å²) in [5.74, 6) is 1.42. The van der Waals surface area contributed by atoms with Gasteiger partial charge in [-0.15, -0.1) is 0 Å². The molecule has 0 fully saturated rings. The highest BCUT2D eigenvalue weighted by Crippen LogP contribution is 2.27. The van der Waals surface area contributed by atoms with Gasteiger partial charge in [-0.2, -0.15) is 0 Å². The number of rotatable bonds is 10. The second-order valence-corrected chi connectivity index (χ2v) is 6.28. The Balaban J connectivity index is 1.63. The molecule has 140 valence electrons. The minimum Gasteiger partial charge on any atom is -0.493 e. The van der Waals surface area contributed by atoms with Gasteiger partial charge in [-0.1, -0.05) is 29.8 Å². The average Bonchev–Trinajstić information content (AvgIpc) is 2.66. The van der Waals surface area contributed by atoms with Crippen molar-refractivity contribution < 1.29 is 14.3 Å². The van der Waals surface area contributed by atoms with E-state index in [0.29, 0.717) is 31.1 Å². The quantitative estimate of drug-likeness (QED) is 0.626. The van der Waals surface area contributed by atoms with Crippen LogP contribution in [0.15, 0.2) is 42.5 Å². The van der Waals surface area contributed by atoms with Gasteiger partial charge in [0.25, 0.3) is 0 Å². The number of hydrogen-bond acceptors (Lipinski definition) is 4. The molecule has 2 aromatic carbocycles. The van der Waals surface area contributed by atoms with Crippen molar-refractivity contribution in [2.24, 2.45) is 0 Å². The van der Waals surface area contributed by atoms with E-state index in [1.54, 1.807) is 14.2 Å². The van der Waals surface area contributed by atoms with Crippen LogP contribution in [0.25, 0.3) is 0 Å². The molecule has 6 heteroatoms. The third-order valence-electron chi connectivity index (χ3n) is 3.97. The molecule has 0 bridgehead atoms. The van der Waals surface area contributed by atoms with Gasteiger partial charge in [-0.05, 0) is 54.8 Å². The summed E-state index contributed by atoms with van der Waals surface area (Å²) in [7, 11) is 3.24. The number of hydrogen-bond donors (Lipinski definition) is 2. The lowest BCUT2D eigenvalue weighted by molar-refractivity contribution is -0.120. The molecule has 2 rings (SSSR count). The van der Waals surface area contributed by atoms with E-state index >= 15 is 0 Å². The van der Waals surface area contributed by atoms with Crippen LogP contribution < -0.4 is 20.1 Å². The van der Waals surface area contributed by atoms with Gasteiger partial charge in [-0.25, -0.2) is 0 Å². The Hall–Kier alpha value is -2.24. The van der Waals surface area contributed by atoms with Crippen LogP contribution in [-0.4, -0.2) is 39.8 Å². The topological polar surface area (TPSA) is 59.6 Å². The first kappa shape index (κ1) is 20.1. The van der Waals surface area contributed by atoms with Crippen LogP contribution in [0.4, 0.5) is 0 Å². The van der Waals surface area contributed by atoms with Crippen molar-refractivity contribution >= 4 is 17.5 Å². The number of carbonyl (C=O) groups excluding carboxylic acids is 1. The maximum Gasteiger partial charge on any atom is 0.233 e. The molecule has 0 aliphatic rings. The van der Waals surface area contributed by atoms with E-state index in [9.17, 15) is 4.79 Å². The third kappa shape index (κ3) is 6.58. The fourth-order valence-corrected chi connectivity index (χ4v) is 2.66. The Morgan fingerprint density at radius 2 is 1.58 bits per heavy atom. The Morgan fingerprint density at radius 1 is 0.923 bits per heavy atom. The number of halogens is 1. The van der Waals surface area contributed by atoms with Gasteiger partial charge in [0.05, 0.1) is 20.8 Å². The van der Waals surface area contributed by atoms with E-state index in [4.69, 9.17) is 21.1 Å². The molecule has 0 aliphatic carbocycles. The van der Waals surface area contributed by atoms with E-state index in [1.807, 2.05) is 42.5 Å². The van der Waals surface area contributed by atoms with Crippen molar-refractivity contribution in [2.45, 2.75) is 12.8 Å². The molecular formula is C20H25ClN2O3. The molecule has 0 saturated carbocycles. The normalized spacial score (nSPS) is 10.4. The summed E-state index contributed by atoms with van der Waals surface area (Å²) in [5.41, 5.74) is 2.27. The molecule has 0 spiro atoms. The highest BCUT2D eigenvalue weighted by atomic mass is 35.5. The van der Waals surface area contributed by atoms with Crippen LogP contribution in [0, 0.1) is 0 Å². The van der Waals surface area contributed by atoms with Crippen LogP contribution >= 0.6 is 11.6 Å². The Labute approximate surface area is 159 Å². The highest BCUT2D eigenvalue weighted by molar-refractivity contribution is 6.30. The van der Waals surface area contributed by atoms with E-state index in [2.05, 4.69) is 10.6 Å². The summed E-state index contributed by atoms with van der Waals surface area (Å²) >= 11 is 5.85. The summed E-state index contributed by atoms with van der Waals surface area (Å²) in [6, 6.07) is 13.5. The maximum absolute atomic E-state index is 11.9. The van der Waals surface area contributed by atoms with Crippen LogP contribution in [0.3, 0.4) is 0 Å². The molecule has 0 saturated heterocycles. The zero-order valence-electron chi connectivity index (χ0n) is 15.2. The van der Waals surface area contributed by atoms with Crippen molar-refractivity contribution in [1.29, 1.82) is 0 Å². The van der Waals surface area contributed by atoms with E-state index < -0.39 is 0 Å². The highest BCUT2D eigenvalue weighted by Gasteiger charge is 2.05. The number of amides is 1. The number of benzene rings is 2. The Morgan fingerprint density at radius 3 is 2.27 bits per heavy atom. The maximum atomic E-state index is 11.9. The van der Waals surface area contributed by atoms with Crippen LogP contribution in [-0.2, 0) is 17.6 Å². The van der Waals surface area contributed by atoms with Gasteiger partial charge < -0.3 is 20.1 Å². The summed E-state index contributed by atoms with van der Waals surface area (Å²) in [4.78, 5) is 11.9.